The minimum Gasteiger partial charge on any atom is -0.323 e. The lowest BCUT2D eigenvalue weighted by Gasteiger charge is -2.11. The molecule has 0 unspecified atom stereocenters. The Morgan fingerprint density at radius 2 is 2.16 bits per heavy atom. The van der Waals surface area contributed by atoms with Crippen LogP contribution in [0.4, 0.5) is 11.5 Å². The lowest BCUT2D eigenvalue weighted by Crippen LogP contribution is -2.18. The van der Waals surface area contributed by atoms with Gasteiger partial charge in [-0.1, -0.05) is 0 Å². The molecule has 0 radical (unpaired) electrons. The Hall–Kier alpha value is -2.41. The van der Waals surface area contributed by atoms with Crippen molar-refractivity contribution in [3.05, 3.63) is 36.3 Å². The third-order valence-corrected chi connectivity index (χ3v) is 2.56. The molecule has 2 rings (SSSR count). The van der Waals surface area contributed by atoms with Crippen molar-refractivity contribution in [2.24, 2.45) is 5.84 Å². The first kappa shape index (κ1) is 13.0. The van der Waals surface area contributed by atoms with Crippen LogP contribution in [0.2, 0.25) is 0 Å². The van der Waals surface area contributed by atoms with Gasteiger partial charge in [-0.2, -0.15) is 5.10 Å². The fourth-order valence-electron chi connectivity index (χ4n) is 1.62. The lowest BCUT2D eigenvalue weighted by atomic mass is 10.3. The van der Waals surface area contributed by atoms with Crippen LogP contribution in [0.5, 0.6) is 0 Å². The Balaban J connectivity index is 2.13. The van der Waals surface area contributed by atoms with Crippen LogP contribution >= 0.6 is 0 Å². The van der Waals surface area contributed by atoms with E-state index in [1.807, 2.05) is 13.8 Å². The second kappa shape index (κ2) is 5.49. The fourth-order valence-corrected chi connectivity index (χ4v) is 1.62. The summed E-state index contributed by atoms with van der Waals surface area (Å²) < 4.78 is 1.73. The van der Waals surface area contributed by atoms with Crippen LogP contribution in [0.15, 0.2) is 30.6 Å². The smallest absolute Gasteiger partial charge is 0.275 e. The molecule has 0 aliphatic rings. The van der Waals surface area contributed by atoms with Crippen LogP contribution in [-0.2, 0) is 0 Å². The van der Waals surface area contributed by atoms with Crippen molar-refractivity contribution in [2.75, 3.05) is 10.7 Å². The standard InChI is InChI=1S/C12H16N6O/c1-8(2)18-11(5-6-15-18)16-12(19)10-4-3-9(17-13)7-14-10/h3-8,17H,13H2,1-2H3,(H,16,19). The zero-order chi connectivity index (χ0) is 13.8. The topological polar surface area (TPSA) is 97.9 Å². The Bertz CT molecular complexity index is 560. The largest absolute Gasteiger partial charge is 0.323 e. The second-order valence-electron chi connectivity index (χ2n) is 4.29. The Kier molecular flexibility index (Phi) is 3.76. The van der Waals surface area contributed by atoms with Crippen molar-refractivity contribution in [2.45, 2.75) is 19.9 Å². The van der Waals surface area contributed by atoms with Gasteiger partial charge in [0.25, 0.3) is 5.91 Å². The molecule has 7 heteroatoms. The van der Waals surface area contributed by atoms with Gasteiger partial charge in [0.05, 0.1) is 18.1 Å². The van der Waals surface area contributed by atoms with Gasteiger partial charge in [-0.05, 0) is 26.0 Å². The molecule has 0 aliphatic carbocycles. The number of carbonyl (C=O) groups excluding carboxylic acids is 1. The average Bonchev–Trinajstić information content (AvgIpc) is 2.87. The number of amides is 1. The number of anilines is 2. The van der Waals surface area contributed by atoms with Crippen LogP contribution in [0.3, 0.4) is 0 Å². The third kappa shape index (κ3) is 2.89. The SMILES string of the molecule is CC(C)n1nccc1NC(=O)c1ccc(NN)cn1. The minimum absolute atomic E-state index is 0.169. The molecule has 4 N–H and O–H groups in total. The molecule has 1 amide bonds. The first-order valence-corrected chi connectivity index (χ1v) is 5.89. The number of carbonyl (C=O) groups is 1. The summed E-state index contributed by atoms with van der Waals surface area (Å²) >= 11 is 0. The predicted octanol–water partition coefficient (Wildman–Crippen LogP) is 1.40. The highest BCUT2D eigenvalue weighted by atomic mass is 16.2. The molecule has 0 atom stereocenters. The van der Waals surface area contributed by atoms with Gasteiger partial charge in [-0.3, -0.25) is 10.6 Å². The van der Waals surface area contributed by atoms with E-state index in [-0.39, 0.29) is 11.9 Å². The summed E-state index contributed by atoms with van der Waals surface area (Å²) in [6.45, 7) is 3.98. The van der Waals surface area contributed by atoms with E-state index in [0.717, 1.165) is 0 Å². The van der Waals surface area contributed by atoms with Gasteiger partial charge in [0.1, 0.15) is 11.5 Å². The number of pyridine rings is 1. The van der Waals surface area contributed by atoms with Crippen LogP contribution in [-0.4, -0.2) is 20.7 Å². The molecule has 2 aromatic heterocycles. The number of aromatic nitrogens is 3. The lowest BCUT2D eigenvalue weighted by molar-refractivity contribution is 0.102. The maximum atomic E-state index is 12.0. The number of hydrazine groups is 1. The predicted molar refractivity (Wildman–Crippen MR) is 72.6 cm³/mol. The Labute approximate surface area is 110 Å². The summed E-state index contributed by atoms with van der Waals surface area (Å²) in [5.74, 6) is 5.59. The number of nitrogen functional groups attached to an aromatic ring is 1. The first-order chi connectivity index (χ1) is 9.11. The summed E-state index contributed by atoms with van der Waals surface area (Å²) in [5.41, 5.74) is 3.41. The van der Waals surface area contributed by atoms with Gasteiger partial charge < -0.3 is 10.7 Å². The molecule has 7 nitrogen and oxygen atoms in total. The third-order valence-electron chi connectivity index (χ3n) is 2.56. The molecule has 100 valence electrons. The Morgan fingerprint density at radius 3 is 2.74 bits per heavy atom. The van der Waals surface area contributed by atoms with E-state index in [4.69, 9.17) is 5.84 Å². The minimum atomic E-state index is -0.286. The molecule has 19 heavy (non-hydrogen) atoms. The number of hydrogen-bond acceptors (Lipinski definition) is 5. The zero-order valence-corrected chi connectivity index (χ0v) is 10.8. The van der Waals surface area contributed by atoms with E-state index in [1.165, 1.54) is 6.20 Å². The molecule has 0 aromatic carbocycles. The summed E-state index contributed by atoms with van der Waals surface area (Å²) in [5, 5.41) is 6.92. The highest BCUT2D eigenvalue weighted by Gasteiger charge is 2.12. The normalized spacial score (nSPS) is 10.5. The molecule has 0 fully saturated rings. The van der Waals surface area contributed by atoms with E-state index in [0.29, 0.717) is 17.2 Å². The van der Waals surface area contributed by atoms with Crippen molar-refractivity contribution in [1.29, 1.82) is 0 Å². The molecule has 0 spiro atoms. The van der Waals surface area contributed by atoms with Crippen LogP contribution in [0, 0.1) is 0 Å². The van der Waals surface area contributed by atoms with E-state index in [9.17, 15) is 4.79 Å². The van der Waals surface area contributed by atoms with Crippen molar-refractivity contribution in [3.8, 4) is 0 Å². The maximum absolute atomic E-state index is 12.0. The Morgan fingerprint density at radius 1 is 1.37 bits per heavy atom. The second-order valence-corrected chi connectivity index (χ2v) is 4.29. The molecule has 0 saturated heterocycles. The van der Waals surface area contributed by atoms with E-state index >= 15 is 0 Å². The highest BCUT2D eigenvalue weighted by Crippen LogP contribution is 2.14. The van der Waals surface area contributed by atoms with Gasteiger partial charge in [0.15, 0.2) is 0 Å². The van der Waals surface area contributed by atoms with Gasteiger partial charge >= 0.3 is 0 Å². The average molecular weight is 260 g/mol. The van der Waals surface area contributed by atoms with Crippen molar-refractivity contribution < 1.29 is 4.79 Å². The van der Waals surface area contributed by atoms with Crippen molar-refractivity contribution >= 4 is 17.4 Å². The summed E-state index contributed by atoms with van der Waals surface area (Å²) in [7, 11) is 0. The molecule has 2 heterocycles. The summed E-state index contributed by atoms with van der Waals surface area (Å²) in [4.78, 5) is 16.0. The summed E-state index contributed by atoms with van der Waals surface area (Å²) in [6, 6.07) is 5.19. The van der Waals surface area contributed by atoms with Gasteiger partial charge in [-0.25, -0.2) is 9.67 Å². The molecule has 0 aliphatic heterocycles. The fraction of sp³-hybridized carbons (Fsp3) is 0.250. The monoisotopic (exact) mass is 260 g/mol. The molecular formula is C12H16N6O. The maximum Gasteiger partial charge on any atom is 0.275 e. The number of rotatable bonds is 4. The van der Waals surface area contributed by atoms with E-state index < -0.39 is 0 Å². The molecule has 0 saturated carbocycles. The van der Waals surface area contributed by atoms with E-state index in [1.54, 1.807) is 29.1 Å². The number of nitrogens with zero attached hydrogens (tertiary/aromatic N) is 3. The van der Waals surface area contributed by atoms with Crippen LogP contribution < -0.4 is 16.6 Å². The number of nitrogens with two attached hydrogens (primary N) is 1. The van der Waals surface area contributed by atoms with Crippen molar-refractivity contribution in [1.82, 2.24) is 14.8 Å². The van der Waals surface area contributed by atoms with Crippen LogP contribution in [0.1, 0.15) is 30.4 Å². The highest BCUT2D eigenvalue weighted by molar-refractivity contribution is 6.02. The van der Waals surface area contributed by atoms with Gasteiger partial charge in [0, 0.05) is 12.1 Å². The van der Waals surface area contributed by atoms with Gasteiger partial charge in [0.2, 0.25) is 0 Å². The van der Waals surface area contributed by atoms with Gasteiger partial charge in [-0.15, -0.1) is 0 Å². The van der Waals surface area contributed by atoms with Crippen LogP contribution in [0.25, 0.3) is 0 Å². The summed E-state index contributed by atoms with van der Waals surface area (Å²) in [6.07, 6.45) is 3.14. The number of hydrogen-bond donors (Lipinski definition) is 3. The van der Waals surface area contributed by atoms with Crippen molar-refractivity contribution in [3.63, 3.8) is 0 Å². The first-order valence-electron chi connectivity index (χ1n) is 5.89. The molecule has 0 bridgehead atoms. The molecule has 2 aromatic rings. The molecular weight excluding hydrogens is 244 g/mol. The quantitative estimate of drug-likeness (QED) is 0.570. The van der Waals surface area contributed by atoms with E-state index in [2.05, 4.69) is 20.8 Å². The zero-order valence-electron chi connectivity index (χ0n) is 10.8. The number of nitrogens with one attached hydrogen (secondary N) is 2.